The fourth-order valence-corrected chi connectivity index (χ4v) is 12.1. The zero-order valence-corrected chi connectivity index (χ0v) is 37.9. The van der Waals surface area contributed by atoms with Crippen molar-refractivity contribution in [1.29, 1.82) is 0 Å². The molecule has 4 amide bonds. The summed E-state index contributed by atoms with van der Waals surface area (Å²) in [7, 11) is 2.63. The summed E-state index contributed by atoms with van der Waals surface area (Å²) in [5.41, 5.74) is 11.7. The lowest BCUT2D eigenvalue weighted by Crippen LogP contribution is -2.52. The summed E-state index contributed by atoms with van der Waals surface area (Å²) in [6.45, 7) is 7.75. The molecule has 65 heavy (non-hydrogen) atoms. The molecule has 11 rings (SSSR count). The van der Waals surface area contributed by atoms with E-state index in [1.165, 1.54) is 61.3 Å². The minimum absolute atomic E-state index is 0.0812. The van der Waals surface area contributed by atoms with Crippen LogP contribution in [-0.4, -0.2) is 92.1 Å². The number of aromatic nitrogens is 4. The standard InChI is InChI=1S/C51H58N8O6/c1-24(2)44(56-50(62)64-5)48(60)58-38-19-31(38)21-40(58)46-52-23-37(55-46)27-9-7-26(8-10-27)33-14-15-34(43-30-12-11-29(17-30)42(33)43)28-13-16-35-36(18-28)54-47(53-35)41-22-32-20-39(32)59(41)49(61)45(25(3)4)57-51(63)65-6/h7-10,13-16,18,23-25,29-32,38-41,44-45H,11-12,17,19-22H2,1-6H3,(H,52,55)(H,53,54)(H,56,62)(H,57,63)/t29?,30?,31-,32?,38-,39?,40-,41+,44-,45-/m0/s1. The van der Waals surface area contributed by atoms with Crippen LogP contribution >= 0.6 is 0 Å². The predicted octanol–water partition coefficient (Wildman–Crippen LogP) is 8.74. The summed E-state index contributed by atoms with van der Waals surface area (Å²) in [4.78, 5) is 73.3. The fourth-order valence-electron chi connectivity index (χ4n) is 12.1. The second kappa shape index (κ2) is 15.8. The highest BCUT2D eigenvalue weighted by Crippen LogP contribution is 2.59. The quantitative estimate of drug-likeness (QED) is 0.102. The molecular formula is C51H58N8O6. The molecule has 2 aromatic heterocycles. The van der Waals surface area contributed by atoms with Gasteiger partial charge in [0.2, 0.25) is 11.8 Å². The van der Waals surface area contributed by atoms with Crippen LogP contribution in [0.3, 0.4) is 0 Å². The zero-order valence-electron chi connectivity index (χ0n) is 37.9. The number of piperidine rings is 2. The minimum Gasteiger partial charge on any atom is -0.453 e. The summed E-state index contributed by atoms with van der Waals surface area (Å²) in [5.74, 6) is 3.17. The minimum atomic E-state index is -0.676. The van der Waals surface area contributed by atoms with E-state index in [1.54, 1.807) is 0 Å². The number of imidazole rings is 2. The van der Waals surface area contributed by atoms with Crippen molar-refractivity contribution in [3.05, 3.63) is 83.6 Å². The maximum Gasteiger partial charge on any atom is 0.407 e. The van der Waals surface area contributed by atoms with Crippen LogP contribution in [0, 0.1) is 23.7 Å². The van der Waals surface area contributed by atoms with E-state index in [0.29, 0.717) is 23.7 Å². The third-order valence-corrected chi connectivity index (χ3v) is 15.6. The largest absolute Gasteiger partial charge is 0.453 e. The van der Waals surface area contributed by atoms with E-state index in [0.717, 1.165) is 65.2 Å². The van der Waals surface area contributed by atoms with Crippen molar-refractivity contribution in [2.24, 2.45) is 23.7 Å². The van der Waals surface area contributed by atoms with E-state index >= 15 is 0 Å². The van der Waals surface area contributed by atoms with Crippen molar-refractivity contribution in [3.63, 3.8) is 0 Å². The Morgan fingerprint density at radius 3 is 1.72 bits per heavy atom. The van der Waals surface area contributed by atoms with Gasteiger partial charge in [-0.05, 0) is 132 Å². The van der Waals surface area contributed by atoms with Crippen LogP contribution in [0.2, 0.25) is 0 Å². The van der Waals surface area contributed by atoms with E-state index in [-0.39, 0.29) is 47.8 Å². The molecule has 3 saturated carbocycles. The number of fused-ring (bicyclic) bond motifs is 8. The third-order valence-electron chi connectivity index (χ3n) is 15.6. The van der Waals surface area contributed by atoms with Gasteiger partial charge in [-0.1, -0.05) is 70.2 Å². The number of aromatic amines is 2. The molecule has 2 aliphatic heterocycles. The summed E-state index contributed by atoms with van der Waals surface area (Å²) in [5, 5.41) is 5.54. The number of likely N-dealkylation sites (tertiary alicyclic amines) is 2. The highest BCUT2D eigenvalue weighted by atomic mass is 16.5. The molecule has 338 valence electrons. The van der Waals surface area contributed by atoms with Gasteiger partial charge in [-0.15, -0.1) is 0 Å². The van der Waals surface area contributed by atoms with Gasteiger partial charge < -0.3 is 39.9 Å². The third kappa shape index (κ3) is 7.05. The first-order chi connectivity index (χ1) is 31.4. The van der Waals surface area contributed by atoms with Crippen LogP contribution in [0.1, 0.15) is 119 Å². The number of rotatable bonds is 11. The molecular weight excluding hydrogens is 821 g/mol. The summed E-state index contributed by atoms with van der Waals surface area (Å²) >= 11 is 0. The lowest BCUT2D eigenvalue weighted by atomic mass is 9.81. The molecule has 5 fully saturated rings. The van der Waals surface area contributed by atoms with Gasteiger partial charge in [0.05, 0.1) is 49.2 Å². The molecule has 0 spiro atoms. The number of nitrogens with one attached hydrogen (secondary N) is 4. The van der Waals surface area contributed by atoms with E-state index in [1.807, 2.05) is 43.7 Å². The van der Waals surface area contributed by atoms with Gasteiger partial charge in [-0.2, -0.15) is 0 Å². The molecule has 2 saturated heterocycles. The highest BCUT2D eigenvalue weighted by Gasteiger charge is 2.57. The first kappa shape index (κ1) is 41.5. The molecule has 14 nitrogen and oxygen atoms in total. The number of hydrogen-bond acceptors (Lipinski definition) is 8. The Morgan fingerprint density at radius 1 is 0.646 bits per heavy atom. The maximum absolute atomic E-state index is 14.0. The van der Waals surface area contributed by atoms with Crippen molar-refractivity contribution in [1.82, 2.24) is 40.4 Å². The first-order valence-electron chi connectivity index (χ1n) is 23.6. The maximum atomic E-state index is 14.0. The second-order valence-electron chi connectivity index (χ2n) is 20.1. The van der Waals surface area contributed by atoms with Crippen LogP contribution < -0.4 is 10.6 Å². The van der Waals surface area contributed by atoms with E-state index in [2.05, 4.69) is 75.2 Å². The Kier molecular flexibility index (Phi) is 10.1. The monoisotopic (exact) mass is 878 g/mol. The number of ether oxygens (including phenoxy) is 2. The van der Waals surface area contributed by atoms with E-state index < -0.39 is 24.3 Å². The Balaban J connectivity index is 0.840. The highest BCUT2D eigenvalue weighted by molar-refractivity contribution is 5.89. The average molecular weight is 879 g/mol. The van der Waals surface area contributed by atoms with Crippen LogP contribution in [0.15, 0.2) is 60.8 Å². The topological polar surface area (TPSA) is 175 Å². The van der Waals surface area contributed by atoms with Crippen LogP contribution in [0.5, 0.6) is 0 Å². The van der Waals surface area contributed by atoms with Gasteiger partial charge >= 0.3 is 12.2 Å². The zero-order chi connectivity index (χ0) is 45.0. The predicted molar refractivity (Wildman–Crippen MR) is 244 cm³/mol. The van der Waals surface area contributed by atoms with Gasteiger partial charge in [0.1, 0.15) is 23.7 Å². The summed E-state index contributed by atoms with van der Waals surface area (Å²) in [6.07, 6.45) is 7.93. The average Bonchev–Trinajstić information content (AvgIpc) is 3.75. The molecule has 2 bridgehead atoms. The number of alkyl carbamates (subject to hydrolysis) is 2. The molecule has 4 aliphatic carbocycles. The number of carbonyl (C=O) groups excluding carboxylic acids is 4. The Bertz CT molecular complexity index is 2720. The molecule has 3 aromatic carbocycles. The van der Waals surface area contributed by atoms with E-state index in [4.69, 9.17) is 19.4 Å². The smallest absolute Gasteiger partial charge is 0.407 e. The first-order valence-corrected chi connectivity index (χ1v) is 23.6. The van der Waals surface area contributed by atoms with Crippen LogP contribution in [-0.2, 0) is 19.1 Å². The van der Waals surface area contributed by atoms with Crippen molar-refractivity contribution in [2.45, 2.75) is 121 Å². The fraction of sp³-hybridized carbons (Fsp3) is 0.490. The number of hydrogen-bond donors (Lipinski definition) is 4. The Morgan fingerprint density at radius 2 is 1.17 bits per heavy atom. The van der Waals surface area contributed by atoms with Crippen LogP contribution in [0.25, 0.3) is 44.5 Å². The normalized spacial score (nSPS) is 26.5. The Labute approximate surface area is 378 Å². The second-order valence-corrected chi connectivity index (χ2v) is 20.1. The molecule has 0 radical (unpaired) electrons. The number of nitrogens with zero attached hydrogens (tertiary/aromatic N) is 4. The number of amides is 4. The number of methoxy groups -OCH3 is 2. The summed E-state index contributed by atoms with van der Waals surface area (Å²) < 4.78 is 9.69. The molecule has 14 heteroatoms. The number of benzene rings is 3. The lowest BCUT2D eigenvalue weighted by Gasteiger charge is -2.31. The number of H-pyrrole nitrogens is 2. The molecule has 4 heterocycles. The Hall–Kier alpha value is -6.18. The number of carbonyl (C=O) groups is 4. The van der Waals surface area contributed by atoms with Crippen LogP contribution in [0.4, 0.5) is 9.59 Å². The molecule has 5 aromatic rings. The van der Waals surface area contributed by atoms with Crippen molar-refractivity contribution in [2.75, 3.05) is 14.2 Å². The van der Waals surface area contributed by atoms with E-state index in [9.17, 15) is 19.2 Å². The van der Waals surface area contributed by atoms with Crippen molar-refractivity contribution < 1.29 is 28.7 Å². The molecule has 4 N–H and O–H groups in total. The van der Waals surface area contributed by atoms with Gasteiger partial charge in [0.15, 0.2) is 0 Å². The van der Waals surface area contributed by atoms with Gasteiger partial charge in [-0.3, -0.25) is 9.59 Å². The molecule has 10 atom stereocenters. The molecule has 6 aliphatic rings. The van der Waals surface area contributed by atoms with Gasteiger partial charge in [-0.25, -0.2) is 19.6 Å². The molecule has 4 unspecified atom stereocenters. The lowest BCUT2D eigenvalue weighted by molar-refractivity contribution is -0.137. The van der Waals surface area contributed by atoms with Gasteiger partial charge in [0.25, 0.3) is 0 Å². The SMILES string of the molecule is COC(=O)N[C@H](C(=O)N1C2CC2C[C@@H]1c1nc2ccc(-c3ccc(-c4ccc(-c5cnc([C@@H]6C[C@@H]7C[C@@H]7N6C(=O)[C@@H](NC(=O)OC)C(C)C)[nH]5)cc4)c4c3C3CCC4C3)cc2[nH]1)C(C)C. The van der Waals surface area contributed by atoms with Crippen molar-refractivity contribution >= 4 is 35.0 Å². The van der Waals surface area contributed by atoms with Crippen molar-refractivity contribution in [3.8, 4) is 33.5 Å². The summed E-state index contributed by atoms with van der Waals surface area (Å²) in [6, 6.07) is 18.5. The van der Waals surface area contributed by atoms with Gasteiger partial charge in [0, 0.05) is 12.1 Å².